The third-order valence-electron chi connectivity index (χ3n) is 16.1. The molecule has 0 bridgehead atoms. The van der Waals surface area contributed by atoms with E-state index in [1.54, 1.807) is 0 Å². The molecule has 1 aromatic carbocycles. The van der Waals surface area contributed by atoms with Gasteiger partial charge in [-0.25, -0.2) is 0 Å². The number of phenols is 1. The van der Waals surface area contributed by atoms with Crippen LogP contribution in [0.25, 0.3) is 0 Å². The number of unbranched alkanes of at least 4 members (excludes halogenated alkanes) is 3. The lowest BCUT2D eigenvalue weighted by Crippen LogP contribution is -2.54. The van der Waals surface area contributed by atoms with Crippen molar-refractivity contribution in [2.75, 3.05) is 0 Å². The third-order valence-corrected chi connectivity index (χ3v) is 16.1. The Morgan fingerprint density at radius 2 is 1.74 bits per heavy atom. The van der Waals surface area contributed by atoms with Crippen LogP contribution in [0.2, 0.25) is 0 Å². The van der Waals surface area contributed by atoms with Crippen molar-refractivity contribution < 1.29 is 24.5 Å². The van der Waals surface area contributed by atoms with E-state index in [0.29, 0.717) is 65.8 Å². The summed E-state index contributed by atoms with van der Waals surface area (Å²) < 4.78 is 6.81. The average molecular weight is 681 g/mol. The largest absolute Gasteiger partial charge is 0.508 e. The Kier molecular flexibility index (Phi) is 9.06. The quantitative estimate of drug-likeness (QED) is 0.178. The van der Waals surface area contributed by atoms with Crippen molar-refractivity contribution in [2.45, 2.75) is 160 Å². The van der Waals surface area contributed by atoms with Gasteiger partial charge in [-0.05, 0) is 160 Å². The molecule has 5 saturated carbocycles. The molecule has 2 N–H and O–H groups in total. The summed E-state index contributed by atoms with van der Waals surface area (Å²) in [6.45, 7) is 6.92. The molecule has 0 aromatic heterocycles. The standard InChI is InChI=1S/C45H60O5/c1-4-5-6-7-8-42(49)50-45(24-20-40-36-12-9-28-25-30(46)10-13-32(28)34(36)19-22-44(40,45)3)23-17-29-26-38-35(33-14-11-31(47)27-37(29)33)18-21-43(2)39(38)15-16-41(43)48/h11,14,25,27,29,32,34-36,38-41,47-48H,4-10,12-13,15-16,18-22,24,26H2,1-3H3/t29?,32-,34+,35-,36+,38-,39+,40-,41+,43+,44-,45-/m0/s1. The van der Waals surface area contributed by atoms with Crippen molar-refractivity contribution in [3.05, 3.63) is 41.0 Å². The molecule has 1 aromatic rings. The molecule has 0 heterocycles. The van der Waals surface area contributed by atoms with E-state index in [4.69, 9.17) is 4.74 Å². The van der Waals surface area contributed by atoms with Crippen LogP contribution < -0.4 is 0 Å². The van der Waals surface area contributed by atoms with Gasteiger partial charge in [0.15, 0.2) is 11.4 Å². The first-order chi connectivity index (χ1) is 24.1. The maximum atomic E-state index is 13.8. The van der Waals surface area contributed by atoms with Gasteiger partial charge in [-0.1, -0.05) is 63.5 Å². The minimum atomic E-state index is -0.818. The fourth-order valence-corrected chi connectivity index (χ4v) is 13.4. The summed E-state index contributed by atoms with van der Waals surface area (Å²) in [4.78, 5) is 26.1. The molecule has 0 radical (unpaired) electrons. The van der Waals surface area contributed by atoms with E-state index in [9.17, 15) is 19.8 Å². The maximum absolute atomic E-state index is 13.8. The van der Waals surface area contributed by atoms with Crippen molar-refractivity contribution in [2.24, 2.45) is 46.3 Å². The molecule has 8 rings (SSSR count). The summed E-state index contributed by atoms with van der Waals surface area (Å²) in [6.07, 6.45) is 19.2. The highest BCUT2D eigenvalue weighted by molar-refractivity contribution is 5.91. The minimum Gasteiger partial charge on any atom is -0.508 e. The highest BCUT2D eigenvalue weighted by Crippen LogP contribution is 2.66. The van der Waals surface area contributed by atoms with E-state index >= 15 is 0 Å². The number of aromatic hydroxyl groups is 1. The molecule has 7 aliphatic rings. The molecular weight excluding hydrogens is 620 g/mol. The van der Waals surface area contributed by atoms with E-state index in [1.165, 1.54) is 11.1 Å². The second kappa shape index (κ2) is 13.1. The van der Waals surface area contributed by atoms with Crippen molar-refractivity contribution in [3.63, 3.8) is 0 Å². The highest BCUT2D eigenvalue weighted by Gasteiger charge is 2.65. The zero-order chi connectivity index (χ0) is 34.8. The van der Waals surface area contributed by atoms with Gasteiger partial charge in [-0.2, -0.15) is 0 Å². The number of rotatable bonds is 6. The van der Waals surface area contributed by atoms with Crippen molar-refractivity contribution >= 4 is 11.8 Å². The fourth-order valence-electron chi connectivity index (χ4n) is 13.4. The van der Waals surface area contributed by atoms with Crippen LogP contribution in [-0.4, -0.2) is 33.7 Å². The number of hydrogen-bond donors (Lipinski definition) is 2. The van der Waals surface area contributed by atoms with Crippen LogP contribution in [0.3, 0.4) is 0 Å². The Hall–Kier alpha value is -2.58. The van der Waals surface area contributed by atoms with Gasteiger partial charge >= 0.3 is 5.97 Å². The summed E-state index contributed by atoms with van der Waals surface area (Å²) in [5.41, 5.74) is 2.82. The van der Waals surface area contributed by atoms with Gasteiger partial charge in [-0.3, -0.25) is 9.59 Å². The molecule has 0 saturated heterocycles. The van der Waals surface area contributed by atoms with Crippen molar-refractivity contribution in [1.29, 1.82) is 0 Å². The first-order valence-corrected chi connectivity index (χ1v) is 20.6. The van der Waals surface area contributed by atoms with Gasteiger partial charge in [0.2, 0.25) is 0 Å². The summed E-state index contributed by atoms with van der Waals surface area (Å²) >= 11 is 0. The van der Waals surface area contributed by atoms with E-state index in [0.717, 1.165) is 108 Å². The van der Waals surface area contributed by atoms with Crippen molar-refractivity contribution in [1.82, 2.24) is 0 Å². The summed E-state index contributed by atoms with van der Waals surface area (Å²) in [6, 6.07) is 5.95. The van der Waals surface area contributed by atoms with Crippen LogP contribution in [-0.2, 0) is 14.3 Å². The number of aliphatic hydroxyl groups excluding tert-OH is 1. The van der Waals surface area contributed by atoms with Crippen molar-refractivity contribution in [3.8, 4) is 17.6 Å². The van der Waals surface area contributed by atoms with E-state index in [2.05, 4.69) is 38.7 Å². The number of allylic oxidation sites excluding steroid dienone is 1. The van der Waals surface area contributed by atoms with Crippen LogP contribution in [0.4, 0.5) is 0 Å². The number of carbonyl (C=O) groups excluding carboxylic acids is 2. The van der Waals surface area contributed by atoms with Crippen LogP contribution in [0, 0.1) is 58.2 Å². The van der Waals surface area contributed by atoms with Gasteiger partial charge < -0.3 is 14.9 Å². The predicted molar refractivity (Wildman–Crippen MR) is 195 cm³/mol. The Morgan fingerprint density at radius 3 is 2.58 bits per heavy atom. The van der Waals surface area contributed by atoms with Crippen LogP contribution in [0.5, 0.6) is 5.75 Å². The second-order valence-corrected chi connectivity index (χ2v) is 18.3. The molecule has 270 valence electrons. The monoisotopic (exact) mass is 680 g/mol. The number of phenolic OH excluding ortho intramolecular Hbond substituents is 1. The molecule has 5 heteroatoms. The highest BCUT2D eigenvalue weighted by atomic mass is 16.6. The van der Waals surface area contributed by atoms with E-state index in [-0.39, 0.29) is 28.8 Å². The number of ether oxygens (including phenoxy) is 1. The molecule has 50 heavy (non-hydrogen) atoms. The lowest BCUT2D eigenvalue weighted by Gasteiger charge is -2.55. The fraction of sp³-hybridized carbons (Fsp3) is 0.733. The molecule has 5 fully saturated rings. The van der Waals surface area contributed by atoms with Gasteiger partial charge in [0.25, 0.3) is 0 Å². The Morgan fingerprint density at radius 1 is 0.880 bits per heavy atom. The van der Waals surface area contributed by atoms with Crippen LogP contribution in [0.15, 0.2) is 29.8 Å². The Bertz CT molecular complexity index is 1600. The topological polar surface area (TPSA) is 83.8 Å². The molecule has 1 unspecified atom stereocenters. The summed E-state index contributed by atoms with van der Waals surface area (Å²) in [5, 5.41) is 21.8. The maximum Gasteiger partial charge on any atom is 0.307 e. The minimum absolute atomic E-state index is 0.0342. The summed E-state index contributed by atoms with van der Waals surface area (Å²) in [5.74, 6) is 11.7. The Balaban J connectivity index is 1.14. The van der Waals surface area contributed by atoms with Crippen LogP contribution >= 0.6 is 0 Å². The Labute approximate surface area is 300 Å². The number of aliphatic hydroxyl groups is 1. The number of ketones is 1. The zero-order valence-corrected chi connectivity index (χ0v) is 30.9. The normalized spacial score (nSPS) is 42.8. The zero-order valence-electron chi connectivity index (χ0n) is 30.9. The first-order valence-electron chi connectivity index (χ1n) is 20.6. The molecule has 5 nitrogen and oxygen atoms in total. The van der Waals surface area contributed by atoms with Gasteiger partial charge in [0.1, 0.15) is 5.75 Å². The summed E-state index contributed by atoms with van der Waals surface area (Å²) in [7, 11) is 0. The molecular formula is C45H60O5. The second-order valence-electron chi connectivity index (χ2n) is 18.3. The number of hydrogen-bond acceptors (Lipinski definition) is 5. The lowest BCUT2D eigenvalue weighted by atomic mass is 9.50. The molecule has 0 spiro atoms. The SMILES string of the molecule is CCCCCCC(=O)O[C@@]1(C#CC2C[C@@H]3[C@H]4CC[C@@H](O)[C@]4(C)CC[C@H]3c3ccc(O)cc32)CC[C@H]2[C@@H]3CCC4=CC(=O)CC[C@@H]4[C@H]3CC[C@@]21C. The number of benzene rings is 1. The number of esters is 1. The predicted octanol–water partition coefficient (Wildman–Crippen LogP) is 9.55. The smallest absolute Gasteiger partial charge is 0.307 e. The van der Waals surface area contributed by atoms with Gasteiger partial charge in [0.05, 0.1) is 6.10 Å². The number of fused-ring (bicyclic) bond motifs is 10. The van der Waals surface area contributed by atoms with E-state index < -0.39 is 5.60 Å². The average Bonchev–Trinajstić information content (AvgIpc) is 3.57. The number of carbonyl (C=O) groups is 2. The molecule has 12 atom stereocenters. The molecule has 0 aliphatic heterocycles. The van der Waals surface area contributed by atoms with E-state index in [1.807, 2.05) is 18.2 Å². The van der Waals surface area contributed by atoms with Crippen LogP contribution in [0.1, 0.15) is 159 Å². The first kappa shape index (κ1) is 34.5. The molecule has 0 amide bonds. The lowest BCUT2D eigenvalue weighted by molar-refractivity contribution is -0.170. The van der Waals surface area contributed by atoms with Gasteiger partial charge in [0, 0.05) is 24.2 Å². The third kappa shape index (κ3) is 5.52. The molecule has 7 aliphatic carbocycles. The van der Waals surface area contributed by atoms with Gasteiger partial charge in [-0.15, -0.1) is 0 Å².